The topological polar surface area (TPSA) is 75.6 Å². The maximum atomic E-state index is 11.9. The number of carbonyl (C=O) groups is 1. The van der Waals surface area contributed by atoms with Crippen LogP contribution in [0.1, 0.15) is 19.8 Å². The molecule has 1 aliphatic heterocycles. The third kappa shape index (κ3) is 11.7. The smallest absolute Gasteiger partial charge is 0.243 e. The van der Waals surface area contributed by atoms with Crippen LogP contribution in [0.15, 0.2) is 4.99 Å². The van der Waals surface area contributed by atoms with E-state index >= 15 is 0 Å². The van der Waals surface area contributed by atoms with Crippen molar-refractivity contribution in [3.05, 3.63) is 0 Å². The molecule has 1 amide bonds. The second kappa shape index (κ2) is 16.3. The molecule has 27 heavy (non-hydrogen) atoms. The highest BCUT2D eigenvalue weighted by Crippen LogP contribution is 2.16. The zero-order valence-corrected chi connectivity index (χ0v) is 19.6. The summed E-state index contributed by atoms with van der Waals surface area (Å²) in [4.78, 5) is 20.2. The van der Waals surface area contributed by atoms with E-state index in [1.165, 1.54) is 0 Å². The molecule has 0 aromatic rings. The van der Waals surface area contributed by atoms with Gasteiger partial charge in [0.15, 0.2) is 5.96 Å². The van der Waals surface area contributed by atoms with Gasteiger partial charge in [-0.2, -0.15) is 0 Å². The molecule has 0 spiro atoms. The number of rotatable bonds is 12. The summed E-state index contributed by atoms with van der Waals surface area (Å²) < 4.78 is 16.0. The number of guanidine groups is 1. The second-order valence-corrected chi connectivity index (χ2v) is 6.57. The van der Waals surface area contributed by atoms with E-state index in [0.29, 0.717) is 19.1 Å². The number of amides is 1. The van der Waals surface area contributed by atoms with E-state index in [1.54, 1.807) is 26.1 Å². The van der Waals surface area contributed by atoms with Gasteiger partial charge >= 0.3 is 0 Å². The van der Waals surface area contributed by atoms with Crippen LogP contribution in [0.5, 0.6) is 0 Å². The maximum Gasteiger partial charge on any atom is 0.243 e. The van der Waals surface area contributed by atoms with Crippen molar-refractivity contribution in [3.8, 4) is 0 Å². The zero-order valence-electron chi connectivity index (χ0n) is 17.2. The Morgan fingerprint density at radius 3 is 2.70 bits per heavy atom. The van der Waals surface area contributed by atoms with E-state index in [1.807, 2.05) is 6.92 Å². The molecule has 1 unspecified atom stereocenters. The van der Waals surface area contributed by atoms with Crippen LogP contribution in [-0.2, 0) is 19.0 Å². The summed E-state index contributed by atoms with van der Waals surface area (Å²) in [5.74, 6) is 1.28. The largest absolute Gasteiger partial charge is 0.382 e. The molecule has 1 fully saturated rings. The normalized spacial score (nSPS) is 17.0. The number of aliphatic imine (C=N–C) groups is 1. The molecule has 0 saturated carbocycles. The molecule has 0 bridgehead atoms. The molecule has 160 valence electrons. The third-order valence-corrected chi connectivity index (χ3v) is 4.19. The number of likely N-dealkylation sites (N-methyl/N-ethyl adjacent to an activating group) is 1. The predicted molar refractivity (Wildman–Crippen MR) is 118 cm³/mol. The fourth-order valence-corrected chi connectivity index (χ4v) is 2.62. The Balaban J connectivity index is 0.00000676. The van der Waals surface area contributed by atoms with Gasteiger partial charge < -0.3 is 29.3 Å². The van der Waals surface area contributed by atoms with Gasteiger partial charge in [0.05, 0.1) is 19.8 Å². The van der Waals surface area contributed by atoms with E-state index in [-0.39, 0.29) is 36.4 Å². The minimum absolute atomic E-state index is 0. The third-order valence-electron chi connectivity index (χ3n) is 4.19. The van der Waals surface area contributed by atoms with Crippen LogP contribution in [0.2, 0.25) is 0 Å². The van der Waals surface area contributed by atoms with Crippen molar-refractivity contribution in [3.63, 3.8) is 0 Å². The summed E-state index contributed by atoms with van der Waals surface area (Å²) in [5, 5.41) is 3.38. The number of methoxy groups -OCH3 is 1. The molecule has 1 aliphatic rings. The summed E-state index contributed by atoms with van der Waals surface area (Å²) in [6.45, 7) is 8.18. The summed E-state index contributed by atoms with van der Waals surface area (Å²) in [5.41, 5.74) is 0. The molecular formula is C18H37IN4O4. The van der Waals surface area contributed by atoms with Gasteiger partial charge in [0, 0.05) is 60.0 Å². The monoisotopic (exact) mass is 500 g/mol. The van der Waals surface area contributed by atoms with Gasteiger partial charge in [0.25, 0.3) is 0 Å². The molecule has 8 nitrogen and oxygen atoms in total. The van der Waals surface area contributed by atoms with Gasteiger partial charge in [-0.1, -0.05) is 0 Å². The van der Waals surface area contributed by atoms with Gasteiger partial charge in [-0.3, -0.25) is 4.79 Å². The fraction of sp³-hybridized carbons (Fsp3) is 0.889. The summed E-state index contributed by atoms with van der Waals surface area (Å²) in [6.07, 6.45) is 1.97. The van der Waals surface area contributed by atoms with Gasteiger partial charge in [-0.15, -0.1) is 24.0 Å². The summed E-state index contributed by atoms with van der Waals surface area (Å²) in [7, 11) is 5.17. The first-order chi connectivity index (χ1) is 12.6. The van der Waals surface area contributed by atoms with E-state index in [2.05, 4.69) is 15.2 Å². The lowest BCUT2D eigenvalue weighted by molar-refractivity contribution is -0.127. The lowest BCUT2D eigenvalue weighted by atomic mass is 10.1. The van der Waals surface area contributed by atoms with Gasteiger partial charge in [-0.05, 0) is 19.8 Å². The molecule has 1 N–H and O–H groups in total. The average Bonchev–Trinajstić information content (AvgIpc) is 3.09. The molecule has 1 atom stereocenters. The number of nitrogens with one attached hydrogen (secondary N) is 1. The van der Waals surface area contributed by atoms with Crippen LogP contribution in [0, 0.1) is 5.92 Å². The second-order valence-electron chi connectivity index (χ2n) is 6.57. The van der Waals surface area contributed by atoms with Crippen LogP contribution >= 0.6 is 24.0 Å². The van der Waals surface area contributed by atoms with Crippen molar-refractivity contribution >= 4 is 35.8 Å². The predicted octanol–water partition coefficient (Wildman–Crippen LogP) is 1.05. The highest BCUT2D eigenvalue weighted by Gasteiger charge is 2.25. The fourth-order valence-electron chi connectivity index (χ4n) is 2.62. The van der Waals surface area contributed by atoms with Gasteiger partial charge in [0.1, 0.15) is 6.54 Å². The highest BCUT2D eigenvalue weighted by molar-refractivity contribution is 14.0. The van der Waals surface area contributed by atoms with E-state index < -0.39 is 0 Å². The standard InChI is InChI=1S/C18H36N4O4.HI/c1-5-25-10-6-8-19-18(20-13-17(23)21(2)3)22-9-7-16(14-22)15-26-12-11-24-4;/h16H,5-15H2,1-4H3,(H,19,20);1H. The number of ether oxygens (including phenoxy) is 3. The van der Waals surface area contributed by atoms with Gasteiger partial charge in [-0.25, -0.2) is 4.99 Å². The number of likely N-dealkylation sites (tertiary alicyclic amines) is 1. The average molecular weight is 500 g/mol. The first-order valence-corrected chi connectivity index (χ1v) is 9.46. The van der Waals surface area contributed by atoms with Crippen LogP contribution in [0.25, 0.3) is 0 Å². The summed E-state index contributed by atoms with van der Waals surface area (Å²) in [6, 6.07) is 0. The van der Waals surface area contributed by atoms with Gasteiger partial charge in [0.2, 0.25) is 5.91 Å². The molecule has 0 aromatic heterocycles. The van der Waals surface area contributed by atoms with Crippen LogP contribution in [0.3, 0.4) is 0 Å². The van der Waals surface area contributed by atoms with E-state index in [9.17, 15) is 4.79 Å². The van der Waals surface area contributed by atoms with Crippen LogP contribution in [-0.4, -0.2) is 102 Å². The van der Waals surface area contributed by atoms with Crippen molar-refractivity contribution in [2.24, 2.45) is 10.9 Å². The number of nitrogens with zero attached hydrogens (tertiary/aromatic N) is 3. The SMILES string of the molecule is CCOCCCNC(=NCC(=O)N(C)C)N1CCC(COCCOC)C1.I. The lowest BCUT2D eigenvalue weighted by Gasteiger charge is -2.22. The lowest BCUT2D eigenvalue weighted by Crippen LogP contribution is -2.41. The number of halogens is 1. The Morgan fingerprint density at radius 2 is 2.04 bits per heavy atom. The van der Waals surface area contributed by atoms with Crippen molar-refractivity contribution in [2.75, 3.05) is 80.4 Å². The minimum Gasteiger partial charge on any atom is -0.382 e. The van der Waals surface area contributed by atoms with E-state index in [4.69, 9.17) is 14.2 Å². The Hall–Kier alpha value is -0.650. The number of hydrogen-bond acceptors (Lipinski definition) is 5. The molecule has 0 aromatic carbocycles. The first kappa shape index (κ1) is 26.4. The van der Waals surface area contributed by atoms with Crippen LogP contribution < -0.4 is 5.32 Å². The van der Waals surface area contributed by atoms with Crippen molar-refractivity contribution < 1.29 is 19.0 Å². The molecule has 1 heterocycles. The molecule has 9 heteroatoms. The molecule has 0 radical (unpaired) electrons. The van der Waals surface area contributed by atoms with Crippen molar-refractivity contribution in [1.82, 2.24) is 15.1 Å². The Labute approximate surface area is 181 Å². The maximum absolute atomic E-state index is 11.9. The minimum atomic E-state index is -0.00253. The summed E-state index contributed by atoms with van der Waals surface area (Å²) >= 11 is 0. The molecular weight excluding hydrogens is 463 g/mol. The zero-order chi connectivity index (χ0) is 19.2. The number of hydrogen-bond donors (Lipinski definition) is 1. The molecule has 1 saturated heterocycles. The Morgan fingerprint density at radius 1 is 1.26 bits per heavy atom. The van der Waals surface area contributed by atoms with Crippen molar-refractivity contribution in [1.29, 1.82) is 0 Å². The Kier molecular flexibility index (Phi) is 15.9. The van der Waals surface area contributed by atoms with Crippen molar-refractivity contribution in [2.45, 2.75) is 19.8 Å². The van der Waals surface area contributed by atoms with E-state index in [0.717, 1.165) is 58.3 Å². The van der Waals surface area contributed by atoms with Crippen LogP contribution in [0.4, 0.5) is 0 Å². The molecule has 0 aliphatic carbocycles. The Bertz CT molecular complexity index is 424. The quantitative estimate of drug-likeness (QED) is 0.187. The number of carbonyl (C=O) groups excluding carboxylic acids is 1. The first-order valence-electron chi connectivity index (χ1n) is 9.46. The molecule has 1 rings (SSSR count). The highest BCUT2D eigenvalue weighted by atomic mass is 127.